The first-order valence-corrected chi connectivity index (χ1v) is 11.0. The Hall–Kier alpha value is -4.06. The SMILES string of the molecule is CC(=O)N(c1ccccc1)C1CC(C)N(C(=O)c2cccc3nccnc23)c2ccccc21. The van der Waals surface area contributed by atoms with E-state index in [2.05, 4.69) is 9.97 Å². The second-order valence-electron chi connectivity index (χ2n) is 8.29. The molecule has 1 aromatic heterocycles. The van der Waals surface area contributed by atoms with Crippen molar-refractivity contribution in [3.05, 3.63) is 96.3 Å². The minimum Gasteiger partial charge on any atom is -0.305 e. The van der Waals surface area contributed by atoms with E-state index in [0.717, 1.165) is 16.9 Å². The van der Waals surface area contributed by atoms with Gasteiger partial charge < -0.3 is 9.80 Å². The first-order chi connectivity index (χ1) is 16.1. The summed E-state index contributed by atoms with van der Waals surface area (Å²) in [5, 5.41) is 0. The Bertz CT molecular complexity index is 1330. The van der Waals surface area contributed by atoms with Crippen LogP contribution in [-0.2, 0) is 4.79 Å². The van der Waals surface area contributed by atoms with E-state index in [1.165, 1.54) is 0 Å². The molecule has 1 aliphatic heterocycles. The molecular formula is C27H24N4O2. The quantitative estimate of drug-likeness (QED) is 0.445. The summed E-state index contributed by atoms with van der Waals surface area (Å²) in [5.41, 5.74) is 4.41. The molecule has 2 amide bonds. The number of carbonyl (C=O) groups is 2. The highest BCUT2D eigenvalue weighted by Crippen LogP contribution is 2.42. The van der Waals surface area contributed by atoms with Crippen molar-refractivity contribution in [2.75, 3.05) is 9.80 Å². The van der Waals surface area contributed by atoms with Crippen molar-refractivity contribution < 1.29 is 9.59 Å². The normalized spacial score (nSPS) is 17.5. The lowest BCUT2D eigenvalue weighted by Crippen LogP contribution is -2.47. The van der Waals surface area contributed by atoms with Gasteiger partial charge in [0.15, 0.2) is 0 Å². The molecule has 0 fully saturated rings. The zero-order valence-corrected chi connectivity index (χ0v) is 18.6. The van der Waals surface area contributed by atoms with Gasteiger partial charge in [-0.3, -0.25) is 19.6 Å². The number of amides is 2. The molecule has 2 atom stereocenters. The maximum atomic E-state index is 13.8. The Morgan fingerprint density at radius 3 is 2.42 bits per heavy atom. The molecule has 164 valence electrons. The van der Waals surface area contributed by atoms with Gasteiger partial charge in [-0.2, -0.15) is 0 Å². The van der Waals surface area contributed by atoms with Crippen molar-refractivity contribution in [1.29, 1.82) is 0 Å². The predicted octanol–water partition coefficient (Wildman–Crippen LogP) is 5.16. The van der Waals surface area contributed by atoms with Crippen molar-refractivity contribution in [3.8, 4) is 0 Å². The molecule has 0 N–H and O–H groups in total. The largest absolute Gasteiger partial charge is 0.305 e. The molecule has 0 aliphatic carbocycles. The molecule has 0 saturated heterocycles. The molecular weight excluding hydrogens is 412 g/mol. The minimum absolute atomic E-state index is 0.0303. The summed E-state index contributed by atoms with van der Waals surface area (Å²) in [5.74, 6) is -0.147. The third kappa shape index (κ3) is 3.63. The van der Waals surface area contributed by atoms with Gasteiger partial charge >= 0.3 is 0 Å². The number of fused-ring (bicyclic) bond motifs is 2. The van der Waals surface area contributed by atoms with Gasteiger partial charge in [0.25, 0.3) is 5.91 Å². The first kappa shape index (κ1) is 20.8. The van der Waals surface area contributed by atoms with Gasteiger partial charge in [-0.1, -0.05) is 42.5 Å². The number of anilines is 2. The van der Waals surface area contributed by atoms with Crippen LogP contribution in [0.5, 0.6) is 0 Å². The Morgan fingerprint density at radius 2 is 1.64 bits per heavy atom. The van der Waals surface area contributed by atoms with Crippen molar-refractivity contribution in [1.82, 2.24) is 9.97 Å². The average Bonchev–Trinajstić information content (AvgIpc) is 2.84. The van der Waals surface area contributed by atoms with Crippen molar-refractivity contribution in [2.45, 2.75) is 32.4 Å². The molecule has 4 aromatic rings. The molecule has 6 nitrogen and oxygen atoms in total. The standard InChI is InChI=1S/C27H24N4O2/c1-18-17-25(31(19(2)32)20-9-4-3-5-10-20)21-11-6-7-14-24(21)30(18)27(33)22-12-8-13-23-26(22)29-16-15-28-23/h3-16,18,25H,17H2,1-2H3. The molecule has 1 aliphatic rings. The topological polar surface area (TPSA) is 66.4 Å². The van der Waals surface area contributed by atoms with Crippen LogP contribution in [0.3, 0.4) is 0 Å². The van der Waals surface area contributed by atoms with Gasteiger partial charge in [-0.25, -0.2) is 0 Å². The lowest BCUT2D eigenvalue weighted by Gasteiger charge is -2.43. The molecule has 6 heteroatoms. The molecule has 33 heavy (non-hydrogen) atoms. The molecule has 5 rings (SSSR count). The van der Waals surface area contributed by atoms with Crippen molar-refractivity contribution in [3.63, 3.8) is 0 Å². The number of hydrogen-bond donors (Lipinski definition) is 0. The first-order valence-electron chi connectivity index (χ1n) is 11.0. The molecule has 0 bridgehead atoms. The third-order valence-corrected chi connectivity index (χ3v) is 6.19. The van der Waals surface area contributed by atoms with E-state index in [1.807, 2.05) is 83.5 Å². The van der Waals surface area contributed by atoms with Crippen LogP contribution in [0.25, 0.3) is 11.0 Å². The van der Waals surface area contributed by atoms with Crippen molar-refractivity contribution in [2.24, 2.45) is 0 Å². The third-order valence-electron chi connectivity index (χ3n) is 6.19. The summed E-state index contributed by atoms with van der Waals surface area (Å²) in [6.07, 6.45) is 3.85. The Morgan fingerprint density at radius 1 is 0.909 bits per heavy atom. The number of benzene rings is 3. The summed E-state index contributed by atoms with van der Waals surface area (Å²) >= 11 is 0. The fraction of sp³-hybridized carbons (Fsp3) is 0.185. The summed E-state index contributed by atoms with van der Waals surface area (Å²) in [7, 11) is 0. The highest BCUT2D eigenvalue weighted by molar-refractivity contribution is 6.13. The second kappa shape index (κ2) is 8.47. The number of aromatic nitrogens is 2. The van der Waals surface area contributed by atoms with E-state index in [0.29, 0.717) is 23.0 Å². The summed E-state index contributed by atoms with van der Waals surface area (Å²) in [6, 6.07) is 22.7. The zero-order valence-electron chi connectivity index (χ0n) is 18.6. The number of hydrogen-bond acceptors (Lipinski definition) is 4. The van der Waals surface area contributed by atoms with Gasteiger partial charge in [0.05, 0.1) is 17.1 Å². The number of nitrogens with zero attached hydrogens (tertiary/aromatic N) is 4. The van der Waals surface area contributed by atoms with Gasteiger partial charge in [0, 0.05) is 36.7 Å². The summed E-state index contributed by atoms with van der Waals surface area (Å²) in [6.45, 7) is 3.62. The van der Waals surface area contributed by atoms with Crippen LogP contribution in [0.15, 0.2) is 85.2 Å². The number of para-hydroxylation sites is 3. The van der Waals surface area contributed by atoms with E-state index in [9.17, 15) is 9.59 Å². The van der Waals surface area contributed by atoms with Gasteiger partial charge in [-0.05, 0) is 49.2 Å². The summed E-state index contributed by atoms with van der Waals surface area (Å²) < 4.78 is 0. The average molecular weight is 437 g/mol. The number of carbonyl (C=O) groups excluding carboxylic acids is 2. The smallest absolute Gasteiger partial charge is 0.260 e. The predicted molar refractivity (Wildman–Crippen MR) is 129 cm³/mol. The highest BCUT2D eigenvalue weighted by Gasteiger charge is 2.38. The lowest BCUT2D eigenvalue weighted by molar-refractivity contribution is -0.117. The molecule has 0 radical (unpaired) electrons. The van der Waals surface area contributed by atoms with E-state index in [-0.39, 0.29) is 23.9 Å². The minimum atomic E-state index is -0.174. The molecule has 3 aromatic carbocycles. The van der Waals surface area contributed by atoms with Gasteiger partial charge in [0.2, 0.25) is 5.91 Å². The molecule has 2 heterocycles. The second-order valence-corrected chi connectivity index (χ2v) is 8.29. The van der Waals surface area contributed by atoms with Crippen LogP contribution in [0.2, 0.25) is 0 Å². The Kier molecular flexibility index (Phi) is 5.34. The van der Waals surface area contributed by atoms with E-state index in [1.54, 1.807) is 25.4 Å². The van der Waals surface area contributed by atoms with Crippen LogP contribution >= 0.6 is 0 Å². The van der Waals surface area contributed by atoms with Crippen molar-refractivity contribution >= 4 is 34.2 Å². The van der Waals surface area contributed by atoms with E-state index in [4.69, 9.17) is 0 Å². The van der Waals surface area contributed by atoms with E-state index < -0.39 is 0 Å². The fourth-order valence-corrected chi connectivity index (χ4v) is 4.80. The Labute approximate surface area is 192 Å². The van der Waals surface area contributed by atoms with Crippen LogP contribution in [0.1, 0.15) is 42.2 Å². The van der Waals surface area contributed by atoms with Crippen LogP contribution in [0.4, 0.5) is 11.4 Å². The maximum absolute atomic E-state index is 13.8. The maximum Gasteiger partial charge on any atom is 0.260 e. The van der Waals surface area contributed by atoms with Crippen LogP contribution in [0, 0.1) is 0 Å². The van der Waals surface area contributed by atoms with Gasteiger partial charge in [0.1, 0.15) is 5.52 Å². The fourth-order valence-electron chi connectivity index (χ4n) is 4.80. The zero-order chi connectivity index (χ0) is 22.9. The summed E-state index contributed by atoms with van der Waals surface area (Å²) in [4.78, 5) is 39.0. The van der Waals surface area contributed by atoms with Crippen LogP contribution < -0.4 is 9.80 Å². The van der Waals surface area contributed by atoms with Crippen LogP contribution in [-0.4, -0.2) is 27.8 Å². The monoisotopic (exact) mass is 436 g/mol. The molecule has 0 saturated carbocycles. The Balaban J connectivity index is 1.61. The molecule has 2 unspecified atom stereocenters. The number of rotatable bonds is 3. The van der Waals surface area contributed by atoms with Gasteiger partial charge in [-0.15, -0.1) is 0 Å². The van der Waals surface area contributed by atoms with E-state index >= 15 is 0 Å². The molecule has 0 spiro atoms. The lowest BCUT2D eigenvalue weighted by atomic mass is 9.89. The highest BCUT2D eigenvalue weighted by atomic mass is 16.2.